The van der Waals surface area contributed by atoms with Crippen molar-refractivity contribution in [2.24, 2.45) is 5.92 Å². The van der Waals surface area contributed by atoms with Crippen LogP contribution in [0.25, 0.3) is 0 Å². The lowest BCUT2D eigenvalue weighted by atomic mass is 10.1. The molecule has 0 unspecified atom stereocenters. The van der Waals surface area contributed by atoms with Crippen molar-refractivity contribution in [1.82, 2.24) is 5.32 Å². The summed E-state index contributed by atoms with van der Waals surface area (Å²) in [7, 11) is -3.55. The van der Waals surface area contributed by atoms with E-state index in [0.29, 0.717) is 23.7 Å². The van der Waals surface area contributed by atoms with E-state index in [1.807, 2.05) is 0 Å². The Morgan fingerprint density at radius 2 is 1.92 bits per heavy atom. The minimum atomic E-state index is -3.55. The number of Topliss-reactive ketones (excluding diaryl/α,β-unsaturated/α-hetero) is 1. The van der Waals surface area contributed by atoms with E-state index in [1.165, 1.54) is 13.0 Å². The van der Waals surface area contributed by atoms with E-state index in [2.05, 4.69) is 19.2 Å². The Morgan fingerprint density at radius 3 is 2.46 bits per heavy atom. The summed E-state index contributed by atoms with van der Waals surface area (Å²) in [6.45, 7) is 6.17. The molecule has 0 saturated heterocycles. The molecule has 6 nitrogen and oxygen atoms in total. The molecule has 1 amide bonds. The third kappa shape index (κ3) is 6.70. The summed E-state index contributed by atoms with van der Waals surface area (Å²) >= 11 is 0. The van der Waals surface area contributed by atoms with Gasteiger partial charge in [0, 0.05) is 25.1 Å². The number of nitrogens with one attached hydrogen (secondary N) is 1. The van der Waals surface area contributed by atoms with Gasteiger partial charge < -0.3 is 5.32 Å². The lowest BCUT2D eigenvalue weighted by Crippen LogP contribution is -2.35. The van der Waals surface area contributed by atoms with Gasteiger partial charge in [-0.3, -0.25) is 13.9 Å². The van der Waals surface area contributed by atoms with Crippen LogP contribution in [-0.4, -0.2) is 39.5 Å². The second-order valence-corrected chi connectivity index (χ2v) is 8.13. The Kier molecular flexibility index (Phi) is 7.41. The van der Waals surface area contributed by atoms with Gasteiger partial charge in [-0.25, -0.2) is 8.42 Å². The van der Waals surface area contributed by atoms with Crippen LogP contribution in [0.4, 0.5) is 5.69 Å². The molecule has 1 N–H and O–H groups in total. The number of carbonyl (C=O) groups excluding carboxylic acids is 2. The zero-order chi connectivity index (χ0) is 18.3. The van der Waals surface area contributed by atoms with Crippen LogP contribution in [0.5, 0.6) is 0 Å². The van der Waals surface area contributed by atoms with Crippen LogP contribution in [0.3, 0.4) is 0 Å². The number of anilines is 1. The van der Waals surface area contributed by atoms with Gasteiger partial charge in [-0.15, -0.1) is 0 Å². The molecular weight excluding hydrogens is 328 g/mol. The summed E-state index contributed by atoms with van der Waals surface area (Å²) in [6, 6.07) is 6.40. The molecule has 0 aliphatic carbocycles. The molecule has 24 heavy (non-hydrogen) atoms. The maximum Gasteiger partial charge on any atom is 0.232 e. The van der Waals surface area contributed by atoms with Crippen LogP contribution in [0, 0.1) is 5.92 Å². The van der Waals surface area contributed by atoms with Gasteiger partial charge in [-0.2, -0.15) is 0 Å². The molecule has 1 aromatic rings. The van der Waals surface area contributed by atoms with E-state index in [1.54, 1.807) is 18.2 Å². The summed E-state index contributed by atoms with van der Waals surface area (Å²) in [5.41, 5.74) is 0.822. The standard InChI is InChI=1S/C17H26N2O4S/c1-13(2)8-10-18-17(21)9-11-19(24(4,22)23)16-7-5-6-15(12-16)14(3)20/h5-7,12-13H,8-11H2,1-4H3,(H,18,21). The van der Waals surface area contributed by atoms with Gasteiger partial charge in [-0.1, -0.05) is 26.0 Å². The van der Waals surface area contributed by atoms with Gasteiger partial charge in [0.15, 0.2) is 5.78 Å². The molecule has 1 aromatic carbocycles. The summed E-state index contributed by atoms with van der Waals surface area (Å²) in [5, 5.41) is 2.79. The Bertz CT molecular complexity index is 684. The minimum Gasteiger partial charge on any atom is -0.356 e. The first-order chi connectivity index (χ1) is 11.1. The second-order valence-electron chi connectivity index (χ2n) is 6.22. The van der Waals surface area contributed by atoms with Crippen molar-refractivity contribution >= 4 is 27.4 Å². The molecule has 0 spiro atoms. The average Bonchev–Trinajstić information content (AvgIpc) is 2.46. The molecule has 1 rings (SSSR count). The highest BCUT2D eigenvalue weighted by molar-refractivity contribution is 7.92. The molecule has 134 valence electrons. The molecule has 0 aliphatic rings. The SMILES string of the molecule is CC(=O)c1cccc(N(CCC(=O)NCCC(C)C)S(C)(=O)=O)c1. The first-order valence-corrected chi connectivity index (χ1v) is 9.81. The molecule has 7 heteroatoms. The third-order valence-corrected chi connectivity index (χ3v) is 4.72. The summed E-state index contributed by atoms with van der Waals surface area (Å²) in [5.74, 6) is 0.163. The third-order valence-electron chi connectivity index (χ3n) is 3.53. The van der Waals surface area contributed by atoms with E-state index in [0.717, 1.165) is 17.0 Å². The molecule has 0 aliphatic heterocycles. The van der Waals surface area contributed by atoms with Crippen molar-refractivity contribution in [3.05, 3.63) is 29.8 Å². The Labute approximate surface area is 144 Å². The van der Waals surface area contributed by atoms with E-state index in [9.17, 15) is 18.0 Å². The van der Waals surface area contributed by atoms with Crippen LogP contribution in [0.1, 0.15) is 44.0 Å². The van der Waals surface area contributed by atoms with E-state index in [4.69, 9.17) is 0 Å². The Balaban J connectivity index is 2.79. The lowest BCUT2D eigenvalue weighted by molar-refractivity contribution is -0.120. The van der Waals surface area contributed by atoms with E-state index < -0.39 is 10.0 Å². The number of hydrogen-bond acceptors (Lipinski definition) is 4. The number of carbonyl (C=O) groups is 2. The fourth-order valence-corrected chi connectivity index (χ4v) is 3.08. The lowest BCUT2D eigenvalue weighted by Gasteiger charge is -2.22. The molecule has 0 atom stereocenters. The monoisotopic (exact) mass is 354 g/mol. The summed E-state index contributed by atoms with van der Waals surface area (Å²) in [6.07, 6.45) is 2.03. The smallest absolute Gasteiger partial charge is 0.232 e. The van der Waals surface area contributed by atoms with Crippen molar-refractivity contribution < 1.29 is 18.0 Å². The zero-order valence-electron chi connectivity index (χ0n) is 14.7. The first-order valence-electron chi connectivity index (χ1n) is 7.96. The van der Waals surface area contributed by atoms with Crippen molar-refractivity contribution in [3.8, 4) is 0 Å². The maximum atomic E-state index is 12.0. The minimum absolute atomic E-state index is 0.0354. The summed E-state index contributed by atoms with van der Waals surface area (Å²) < 4.78 is 25.2. The summed E-state index contributed by atoms with van der Waals surface area (Å²) in [4.78, 5) is 23.4. The van der Waals surface area contributed by atoms with E-state index >= 15 is 0 Å². The fourth-order valence-electron chi connectivity index (χ4n) is 2.16. The van der Waals surface area contributed by atoms with Crippen LogP contribution in [0.15, 0.2) is 24.3 Å². The number of ketones is 1. The van der Waals surface area contributed by atoms with Crippen molar-refractivity contribution in [1.29, 1.82) is 0 Å². The fraction of sp³-hybridized carbons (Fsp3) is 0.529. The highest BCUT2D eigenvalue weighted by Gasteiger charge is 2.19. The molecule has 0 bridgehead atoms. The van der Waals surface area contributed by atoms with Crippen molar-refractivity contribution in [2.45, 2.75) is 33.6 Å². The van der Waals surface area contributed by atoms with Crippen LogP contribution < -0.4 is 9.62 Å². The quantitative estimate of drug-likeness (QED) is 0.689. The topological polar surface area (TPSA) is 83.6 Å². The Hall–Kier alpha value is -1.89. The zero-order valence-corrected chi connectivity index (χ0v) is 15.5. The van der Waals surface area contributed by atoms with Gasteiger partial charge in [0.1, 0.15) is 0 Å². The normalized spacial score (nSPS) is 11.4. The van der Waals surface area contributed by atoms with Crippen LogP contribution in [-0.2, 0) is 14.8 Å². The predicted octanol–water partition coefficient (Wildman–Crippen LogP) is 2.21. The molecular formula is C17H26N2O4S. The molecule has 0 aromatic heterocycles. The number of sulfonamides is 1. The van der Waals surface area contributed by atoms with Crippen LogP contribution in [0.2, 0.25) is 0 Å². The number of hydrogen-bond donors (Lipinski definition) is 1. The second kappa shape index (κ2) is 8.82. The molecule has 0 radical (unpaired) electrons. The molecule has 0 saturated carbocycles. The molecule has 0 fully saturated rings. The maximum absolute atomic E-state index is 12.0. The predicted molar refractivity (Wildman–Crippen MR) is 95.7 cm³/mol. The number of rotatable bonds is 9. The number of benzene rings is 1. The van der Waals surface area contributed by atoms with Gasteiger partial charge in [0.25, 0.3) is 0 Å². The van der Waals surface area contributed by atoms with E-state index in [-0.39, 0.29) is 24.7 Å². The van der Waals surface area contributed by atoms with Gasteiger partial charge >= 0.3 is 0 Å². The van der Waals surface area contributed by atoms with Crippen molar-refractivity contribution in [2.75, 3.05) is 23.7 Å². The van der Waals surface area contributed by atoms with Crippen molar-refractivity contribution in [3.63, 3.8) is 0 Å². The largest absolute Gasteiger partial charge is 0.356 e. The average molecular weight is 354 g/mol. The van der Waals surface area contributed by atoms with Crippen LogP contribution >= 0.6 is 0 Å². The van der Waals surface area contributed by atoms with Gasteiger partial charge in [0.05, 0.1) is 11.9 Å². The van der Waals surface area contributed by atoms with Gasteiger partial charge in [-0.05, 0) is 31.4 Å². The number of amides is 1. The van der Waals surface area contributed by atoms with Gasteiger partial charge in [0.2, 0.25) is 15.9 Å². The molecule has 0 heterocycles. The Morgan fingerprint density at radius 1 is 1.25 bits per heavy atom. The first kappa shape index (κ1) is 20.2. The highest BCUT2D eigenvalue weighted by Crippen LogP contribution is 2.20. The highest BCUT2D eigenvalue weighted by atomic mass is 32.2. The number of nitrogens with zero attached hydrogens (tertiary/aromatic N) is 1.